The first kappa shape index (κ1) is 49.1. The second kappa shape index (κ2) is 22.3. The Morgan fingerprint density at radius 3 is 2.42 bits per heavy atom. The number of aliphatic hydroxyl groups is 3. The van der Waals surface area contributed by atoms with E-state index in [1.165, 1.54) is 7.11 Å². The minimum absolute atomic E-state index is 0.0125. The Hall–Kier alpha value is -4.82. The third-order valence-corrected chi connectivity index (χ3v) is 15.8. The molecule has 2 fully saturated rings. The molecule has 0 radical (unpaired) electrons. The number of phenols is 1. The number of aromatic amines is 1. The Labute approximate surface area is 392 Å². The van der Waals surface area contributed by atoms with Crippen LogP contribution in [0.2, 0.25) is 0 Å². The SMILES string of the molecule is CCCC(C1CC(CC2=CCNC(N)=C2)CC2C#CC(c3ccccc3)c3cc(O)c(OC)cc3CCC(=O)CC(=O)C2C1)C(O)C1(c2cc(C(C)CCC(O)C(C)O)c[nH]2)CCCCC1. The van der Waals surface area contributed by atoms with Crippen molar-refractivity contribution in [3.8, 4) is 23.3 Å². The highest BCUT2D eigenvalue weighted by molar-refractivity contribution is 6.00. The standard InChI is InChI=1S/C56H75N3O7/c1-5-12-46(55(65)56(22-10-7-11-23-56)53-31-43(34-59-53)35(2)15-20-49(62)36(3)60)42-27-38(25-37-21-24-58-54(57)28-37)26-40-17-19-45(39-13-8-6-9-14-39)47-33-51(64)52(66-4)30-41(47)16-18-44(61)32-50(63)48(40)29-42/h6,8-9,13-14,21,28,30-31,33-36,38,40,42,45-46,48-49,55,58-60,62,64-65H,5,7,10-12,15-16,18,20,22-27,29,32,57H2,1-4H3. The molecule has 1 aromatic heterocycles. The minimum atomic E-state index is -0.780. The number of H-pyrrole nitrogens is 1. The highest BCUT2D eigenvalue weighted by Crippen LogP contribution is 2.51. The number of nitrogens with two attached hydrogens (primary N) is 1. The molecule has 1 aliphatic heterocycles. The molecule has 2 heterocycles. The molecular weight excluding hydrogens is 827 g/mol. The molecule has 3 aliphatic carbocycles. The van der Waals surface area contributed by atoms with E-state index in [-0.39, 0.29) is 59.7 Å². The number of ether oxygens (including phenoxy) is 1. The van der Waals surface area contributed by atoms with Gasteiger partial charge in [-0.15, -0.1) is 0 Å². The Bertz CT molecular complexity index is 2240. The first-order valence-electron chi connectivity index (χ1n) is 24.9. The van der Waals surface area contributed by atoms with E-state index in [2.05, 4.69) is 54.3 Å². The fourth-order valence-corrected chi connectivity index (χ4v) is 12.0. The fourth-order valence-electron chi connectivity index (χ4n) is 12.0. The lowest BCUT2D eigenvalue weighted by atomic mass is 9.61. The maximum Gasteiger partial charge on any atom is 0.160 e. The van der Waals surface area contributed by atoms with Gasteiger partial charge < -0.3 is 41.2 Å². The number of aromatic nitrogens is 1. The fraction of sp³-hybridized carbons (Fsp3) is 0.571. The summed E-state index contributed by atoms with van der Waals surface area (Å²) in [5, 5.41) is 47.9. The Morgan fingerprint density at radius 2 is 1.71 bits per heavy atom. The zero-order chi connectivity index (χ0) is 47.0. The number of hydrogen-bond acceptors (Lipinski definition) is 9. The molecular formula is C56H75N3O7. The van der Waals surface area contributed by atoms with E-state index in [0.717, 1.165) is 97.7 Å². The van der Waals surface area contributed by atoms with Crippen LogP contribution in [0.1, 0.15) is 157 Å². The summed E-state index contributed by atoms with van der Waals surface area (Å²) in [6.45, 7) is 6.61. The predicted octanol–water partition coefficient (Wildman–Crippen LogP) is 9.01. The maximum atomic E-state index is 14.9. The van der Waals surface area contributed by atoms with Gasteiger partial charge in [-0.25, -0.2) is 0 Å². The molecule has 0 spiro atoms. The van der Waals surface area contributed by atoms with Crippen LogP contribution in [-0.4, -0.2) is 68.9 Å². The predicted molar refractivity (Wildman–Crippen MR) is 260 cm³/mol. The minimum Gasteiger partial charge on any atom is -0.504 e. The van der Waals surface area contributed by atoms with Crippen LogP contribution in [0.25, 0.3) is 0 Å². The highest BCUT2D eigenvalue weighted by Gasteiger charge is 2.49. The number of aryl methyl sites for hydroxylation is 1. The molecule has 66 heavy (non-hydrogen) atoms. The van der Waals surface area contributed by atoms with Crippen LogP contribution in [0.4, 0.5) is 0 Å². The molecule has 0 amide bonds. The molecule has 7 rings (SSSR count). The summed E-state index contributed by atoms with van der Waals surface area (Å²) in [5.41, 5.74) is 11.8. The van der Waals surface area contributed by atoms with Gasteiger partial charge in [-0.2, -0.15) is 0 Å². The van der Waals surface area contributed by atoms with Gasteiger partial charge >= 0.3 is 0 Å². The van der Waals surface area contributed by atoms with Crippen molar-refractivity contribution in [1.82, 2.24) is 10.3 Å². The molecule has 10 atom stereocenters. The second-order valence-corrected chi connectivity index (χ2v) is 20.3. The van der Waals surface area contributed by atoms with Crippen LogP contribution in [0.15, 0.2) is 78.3 Å². The third-order valence-electron chi connectivity index (χ3n) is 15.8. The smallest absolute Gasteiger partial charge is 0.160 e. The number of phenolic OH excluding ortho intramolecular Hbond substituents is 1. The molecule has 10 heteroatoms. The first-order chi connectivity index (χ1) is 31.8. The summed E-state index contributed by atoms with van der Waals surface area (Å²) < 4.78 is 5.52. The number of fused-ring (bicyclic) bond motifs is 2. The number of aliphatic hydroxyl groups excluding tert-OH is 3. The van der Waals surface area contributed by atoms with Crippen molar-refractivity contribution in [3.63, 3.8) is 0 Å². The number of carbonyl (C=O) groups excluding carboxylic acids is 2. The van der Waals surface area contributed by atoms with E-state index in [1.54, 1.807) is 13.0 Å². The maximum absolute atomic E-state index is 14.9. The number of allylic oxidation sites excluding steroid dienone is 2. The molecule has 0 bridgehead atoms. The zero-order valence-corrected chi connectivity index (χ0v) is 39.7. The number of aromatic hydroxyl groups is 1. The van der Waals surface area contributed by atoms with Crippen molar-refractivity contribution in [2.75, 3.05) is 13.7 Å². The highest BCUT2D eigenvalue weighted by atomic mass is 16.5. The van der Waals surface area contributed by atoms with Crippen LogP contribution in [0.3, 0.4) is 0 Å². The van der Waals surface area contributed by atoms with Gasteiger partial charge in [0.25, 0.3) is 0 Å². The molecule has 10 nitrogen and oxygen atoms in total. The van der Waals surface area contributed by atoms with Crippen LogP contribution < -0.4 is 15.8 Å². The van der Waals surface area contributed by atoms with Crippen LogP contribution in [0.5, 0.6) is 11.5 Å². The average molecular weight is 902 g/mol. The van der Waals surface area contributed by atoms with E-state index in [9.17, 15) is 30.0 Å². The average Bonchev–Trinajstić information content (AvgIpc) is 3.75. The number of rotatable bonds is 15. The number of benzene rings is 2. The molecule has 3 aromatic rings. The second-order valence-electron chi connectivity index (χ2n) is 20.3. The van der Waals surface area contributed by atoms with Crippen LogP contribution >= 0.6 is 0 Å². The molecule has 0 saturated heterocycles. The summed E-state index contributed by atoms with van der Waals surface area (Å²) in [7, 11) is 1.52. The van der Waals surface area contributed by atoms with E-state index >= 15 is 0 Å². The lowest BCUT2D eigenvalue weighted by Gasteiger charge is -2.46. The lowest BCUT2D eigenvalue weighted by Crippen LogP contribution is -2.48. The van der Waals surface area contributed by atoms with E-state index in [4.69, 9.17) is 10.5 Å². The van der Waals surface area contributed by atoms with Crippen LogP contribution in [-0.2, 0) is 21.4 Å². The van der Waals surface area contributed by atoms with Gasteiger partial charge in [-0.1, -0.05) is 87.8 Å². The topological polar surface area (TPSA) is 178 Å². The van der Waals surface area contributed by atoms with Gasteiger partial charge in [0.15, 0.2) is 11.5 Å². The Kier molecular flexibility index (Phi) is 16.6. The molecule has 2 aromatic carbocycles. The molecule has 8 N–H and O–H groups in total. The zero-order valence-electron chi connectivity index (χ0n) is 39.7. The third kappa shape index (κ3) is 11.5. The summed E-state index contributed by atoms with van der Waals surface area (Å²) in [6.07, 6.45) is 15.0. The molecule has 2 saturated carbocycles. The summed E-state index contributed by atoms with van der Waals surface area (Å²) in [6, 6.07) is 15.8. The van der Waals surface area contributed by atoms with Gasteiger partial charge in [0.1, 0.15) is 11.6 Å². The van der Waals surface area contributed by atoms with Gasteiger partial charge in [0.05, 0.1) is 43.6 Å². The monoisotopic (exact) mass is 902 g/mol. The number of Topliss-reactive ketones (excluding diaryl/α,β-unsaturated/α-hetero) is 2. The number of carbonyl (C=O) groups is 2. The Morgan fingerprint density at radius 1 is 0.939 bits per heavy atom. The van der Waals surface area contributed by atoms with Crippen molar-refractivity contribution in [1.29, 1.82) is 0 Å². The quantitative estimate of drug-likeness (QED) is 0.0579. The number of hydrogen-bond donors (Lipinski definition) is 7. The Balaban J connectivity index is 1.30. The van der Waals surface area contributed by atoms with E-state index < -0.39 is 35.6 Å². The largest absolute Gasteiger partial charge is 0.504 e. The molecule has 4 aliphatic rings. The van der Waals surface area contributed by atoms with E-state index in [0.29, 0.717) is 43.8 Å². The van der Waals surface area contributed by atoms with Crippen LogP contribution in [0, 0.1) is 41.4 Å². The van der Waals surface area contributed by atoms with Gasteiger partial charge in [0.2, 0.25) is 0 Å². The first-order valence-corrected chi connectivity index (χ1v) is 24.9. The summed E-state index contributed by atoms with van der Waals surface area (Å²) in [4.78, 5) is 32.5. The van der Waals surface area contributed by atoms with Crippen molar-refractivity contribution >= 4 is 11.6 Å². The lowest BCUT2D eigenvalue weighted by molar-refractivity contribution is -0.130. The van der Waals surface area contributed by atoms with Gasteiger partial charge in [-0.05, 0) is 147 Å². The number of nitrogens with one attached hydrogen (secondary N) is 2. The van der Waals surface area contributed by atoms with Crippen molar-refractivity contribution in [2.45, 2.75) is 159 Å². The molecule has 10 unspecified atom stereocenters. The normalized spacial score (nSPS) is 25.8. The number of dihydropyridines is 1. The number of methoxy groups -OCH3 is 1. The van der Waals surface area contributed by atoms with Crippen molar-refractivity contribution < 1.29 is 34.8 Å². The summed E-state index contributed by atoms with van der Waals surface area (Å²) >= 11 is 0. The van der Waals surface area contributed by atoms with Gasteiger partial charge in [0, 0.05) is 42.1 Å². The van der Waals surface area contributed by atoms with Crippen molar-refractivity contribution in [2.24, 2.45) is 35.3 Å². The summed E-state index contributed by atoms with van der Waals surface area (Å²) in [5.74, 6) is 7.13. The molecule has 356 valence electrons. The van der Waals surface area contributed by atoms with E-state index in [1.807, 2.05) is 42.5 Å². The van der Waals surface area contributed by atoms with Gasteiger partial charge in [-0.3, -0.25) is 9.59 Å². The van der Waals surface area contributed by atoms with Crippen molar-refractivity contribution in [3.05, 3.63) is 106 Å². The number of ketones is 2.